The van der Waals surface area contributed by atoms with Crippen molar-refractivity contribution in [1.29, 1.82) is 0 Å². The number of nitrogens with zero attached hydrogens (tertiary/aromatic N) is 1. The van der Waals surface area contributed by atoms with Crippen LogP contribution in [0.1, 0.15) is 27.4 Å². The third-order valence-electron chi connectivity index (χ3n) is 3.02. The fourth-order valence-corrected chi connectivity index (χ4v) is 2.14. The molecule has 0 N–H and O–H groups in total. The first-order chi connectivity index (χ1) is 8.36. The standard InChI is InChI=1S/C15H11NO/c17-15-13-6-2-1-4-11(13)7-8-14(15)12-5-3-9-16-10-12/h1-10,14H. The maximum atomic E-state index is 12.3. The number of aromatic nitrogens is 1. The van der Waals surface area contributed by atoms with Gasteiger partial charge in [0.2, 0.25) is 0 Å². The van der Waals surface area contributed by atoms with Gasteiger partial charge in [0.05, 0.1) is 5.92 Å². The molecule has 1 atom stereocenters. The first-order valence-electron chi connectivity index (χ1n) is 5.57. The summed E-state index contributed by atoms with van der Waals surface area (Å²) in [5.41, 5.74) is 2.74. The van der Waals surface area contributed by atoms with Gasteiger partial charge in [-0.25, -0.2) is 0 Å². The molecule has 1 aliphatic carbocycles. The molecule has 3 rings (SSSR count). The molecule has 1 aromatic carbocycles. The van der Waals surface area contributed by atoms with E-state index in [1.165, 1.54) is 0 Å². The molecule has 1 heterocycles. The van der Waals surface area contributed by atoms with Crippen molar-refractivity contribution in [1.82, 2.24) is 4.98 Å². The SMILES string of the molecule is O=C1c2ccccc2C=CC1c1cccnc1. The van der Waals surface area contributed by atoms with Crippen LogP contribution in [0.2, 0.25) is 0 Å². The molecule has 2 aromatic rings. The molecule has 1 aromatic heterocycles. The quantitative estimate of drug-likeness (QED) is 0.740. The van der Waals surface area contributed by atoms with Crippen molar-refractivity contribution in [2.24, 2.45) is 0 Å². The number of hydrogen-bond acceptors (Lipinski definition) is 2. The minimum absolute atomic E-state index is 0.149. The van der Waals surface area contributed by atoms with Crippen molar-refractivity contribution < 1.29 is 4.79 Å². The van der Waals surface area contributed by atoms with E-state index in [0.29, 0.717) is 0 Å². The number of rotatable bonds is 1. The van der Waals surface area contributed by atoms with E-state index < -0.39 is 0 Å². The van der Waals surface area contributed by atoms with Gasteiger partial charge in [0, 0.05) is 18.0 Å². The molecular weight excluding hydrogens is 210 g/mol. The summed E-state index contributed by atoms with van der Waals surface area (Å²) in [5, 5.41) is 0. The fourth-order valence-electron chi connectivity index (χ4n) is 2.14. The van der Waals surface area contributed by atoms with Crippen molar-refractivity contribution in [2.75, 3.05) is 0 Å². The lowest BCUT2D eigenvalue weighted by Crippen LogP contribution is -2.15. The minimum atomic E-state index is -0.196. The van der Waals surface area contributed by atoms with Crippen molar-refractivity contribution >= 4 is 11.9 Å². The second-order valence-corrected chi connectivity index (χ2v) is 4.07. The minimum Gasteiger partial charge on any atom is -0.293 e. The molecular formula is C15H11NO. The van der Waals surface area contributed by atoms with Crippen LogP contribution in [0.3, 0.4) is 0 Å². The highest BCUT2D eigenvalue weighted by atomic mass is 16.1. The number of allylic oxidation sites excluding steroid dienone is 1. The number of carbonyl (C=O) groups is 1. The van der Waals surface area contributed by atoms with Crippen molar-refractivity contribution in [3.63, 3.8) is 0 Å². The summed E-state index contributed by atoms with van der Waals surface area (Å²) in [6.07, 6.45) is 7.42. The van der Waals surface area contributed by atoms with E-state index in [2.05, 4.69) is 4.98 Å². The number of Topliss-reactive ketones (excluding diaryl/α,β-unsaturated/α-hetero) is 1. The molecule has 0 bridgehead atoms. The first kappa shape index (κ1) is 9.97. The van der Waals surface area contributed by atoms with Gasteiger partial charge < -0.3 is 0 Å². The number of carbonyl (C=O) groups excluding carboxylic acids is 1. The zero-order valence-electron chi connectivity index (χ0n) is 9.21. The monoisotopic (exact) mass is 221 g/mol. The number of pyridine rings is 1. The molecule has 0 saturated heterocycles. The predicted molar refractivity (Wildman–Crippen MR) is 66.8 cm³/mol. The molecule has 0 aliphatic heterocycles. The second kappa shape index (κ2) is 3.98. The Labute approximate surface area is 99.6 Å². The van der Waals surface area contributed by atoms with E-state index in [1.807, 2.05) is 48.6 Å². The van der Waals surface area contributed by atoms with Gasteiger partial charge in [-0.15, -0.1) is 0 Å². The molecule has 0 fully saturated rings. The third kappa shape index (κ3) is 1.68. The summed E-state index contributed by atoms with van der Waals surface area (Å²) in [4.78, 5) is 16.4. The van der Waals surface area contributed by atoms with Gasteiger partial charge in [-0.1, -0.05) is 42.5 Å². The van der Waals surface area contributed by atoms with Crippen LogP contribution in [0.4, 0.5) is 0 Å². The van der Waals surface area contributed by atoms with Gasteiger partial charge in [0.15, 0.2) is 5.78 Å². The Morgan fingerprint density at radius 1 is 1.06 bits per heavy atom. The van der Waals surface area contributed by atoms with Crippen LogP contribution in [0.5, 0.6) is 0 Å². The van der Waals surface area contributed by atoms with E-state index in [1.54, 1.807) is 12.4 Å². The van der Waals surface area contributed by atoms with E-state index in [9.17, 15) is 4.79 Å². The summed E-state index contributed by atoms with van der Waals surface area (Å²) in [5.74, 6) is -0.0466. The largest absolute Gasteiger partial charge is 0.293 e. The smallest absolute Gasteiger partial charge is 0.174 e. The summed E-state index contributed by atoms with van der Waals surface area (Å²) < 4.78 is 0. The molecule has 0 radical (unpaired) electrons. The second-order valence-electron chi connectivity index (χ2n) is 4.07. The number of fused-ring (bicyclic) bond motifs is 1. The maximum absolute atomic E-state index is 12.3. The molecule has 1 unspecified atom stereocenters. The van der Waals surface area contributed by atoms with E-state index >= 15 is 0 Å². The first-order valence-corrected chi connectivity index (χ1v) is 5.57. The number of benzene rings is 1. The van der Waals surface area contributed by atoms with Crippen LogP contribution in [-0.4, -0.2) is 10.8 Å². The Bertz CT molecular complexity index is 587. The highest BCUT2D eigenvalue weighted by molar-refractivity contribution is 6.07. The zero-order valence-corrected chi connectivity index (χ0v) is 9.21. The summed E-state index contributed by atoms with van der Waals surface area (Å²) >= 11 is 0. The Morgan fingerprint density at radius 3 is 2.76 bits per heavy atom. The Balaban J connectivity index is 2.06. The molecule has 2 nitrogen and oxygen atoms in total. The van der Waals surface area contributed by atoms with Crippen LogP contribution in [0, 0.1) is 0 Å². The topological polar surface area (TPSA) is 30.0 Å². The molecule has 1 aliphatic rings. The van der Waals surface area contributed by atoms with E-state index in [4.69, 9.17) is 0 Å². The van der Waals surface area contributed by atoms with Gasteiger partial charge in [-0.3, -0.25) is 9.78 Å². The normalized spacial score (nSPS) is 17.9. The van der Waals surface area contributed by atoms with E-state index in [-0.39, 0.29) is 11.7 Å². The number of hydrogen-bond donors (Lipinski definition) is 0. The summed E-state index contributed by atoms with van der Waals surface area (Å²) in [6.45, 7) is 0. The van der Waals surface area contributed by atoms with Gasteiger partial charge in [-0.05, 0) is 17.2 Å². The van der Waals surface area contributed by atoms with Gasteiger partial charge in [-0.2, -0.15) is 0 Å². The van der Waals surface area contributed by atoms with Gasteiger partial charge in [0.25, 0.3) is 0 Å². The zero-order chi connectivity index (χ0) is 11.7. The highest BCUT2D eigenvalue weighted by Crippen LogP contribution is 2.29. The highest BCUT2D eigenvalue weighted by Gasteiger charge is 2.24. The molecule has 0 spiro atoms. The lowest BCUT2D eigenvalue weighted by atomic mass is 9.85. The van der Waals surface area contributed by atoms with Crippen molar-refractivity contribution in [2.45, 2.75) is 5.92 Å². The van der Waals surface area contributed by atoms with Crippen LogP contribution in [0.15, 0.2) is 54.9 Å². The summed E-state index contributed by atoms with van der Waals surface area (Å²) in [6, 6.07) is 11.5. The molecule has 2 heteroatoms. The molecule has 17 heavy (non-hydrogen) atoms. The van der Waals surface area contributed by atoms with Gasteiger partial charge in [0.1, 0.15) is 0 Å². The Hall–Kier alpha value is -2.22. The molecule has 82 valence electrons. The summed E-state index contributed by atoms with van der Waals surface area (Å²) in [7, 11) is 0. The average molecular weight is 221 g/mol. The lowest BCUT2D eigenvalue weighted by molar-refractivity contribution is 0.0975. The van der Waals surface area contributed by atoms with Gasteiger partial charge >= 0.3 is 0 Å². The Morgan fingerprint density at radius 2 is 1.94 bits per heavy atom. The maximum Gasteiger partial charge on any atom is 0.174 e. The molecule has 0 saturated carbocycles. The average Bonchev–Trinajstić information content (AvgIpc) is 2.40. The van der Waals surface area contributed by atoms with Crippen molar-refractivity contribution in [3.8, 4) is 0 Å². The van der Waals surface area contributed by atoms with Crippen LogP contribution >= 0.6 is 0 Å². The van der Waals surface area contributed by atoms with Crippen molar-refractivity contribution in [3.05, 3.63) is 71.6 Å². The van der Waals surface area contributed by atoms with Crippen LogP contribution in [0.25, 0.3) is 6.08 Å². The van der Waals surface area contributed by atoms with E-state index in [0.717, 1.165) is 16.7 Å². The fraction of sp³-hybridized carbons (Fsp3) is 0.0667. The van der Waals surface area contributed by atoms with Crippen LogP contribution < -0.4 is 0 Å². The number of ketones is 1. The third-order valence-corrected chi connectivity index (χ3v) is 3.02. The predicted octanol–water partition coefficient (Wildman–Crippen LogP) is 3.07. The Kier molecular flexibility index (Phi) is 2.33. The lowest BCUT2D eigenvalue weighted by Gasteiger charge is -2.17. The molecule has 0 amide bonds. The van der Waals surface area contributed by atoms with Crippen LogP contribution in [-0.2, 0) is 0 Å².